The lowest BCUT2D eigenvalue weighted by atomic mass is 10.1. The van der Waals surface area contributed by atoms with Crippen molar-refractivity contribution >= 4 is 56.2 Å². The SMILES string of the molecule is CONC1C(=Nc2nc(NCC(F)(F)F)nc(C)c2-c2nc3ccccc3s2)C[C@@H]2CO[Si](C(C)C)(C(C)C)O[Si](C(C)C)(C(C)C)O[C@@H]12. The van der Waals surface area contributed by atoms with E-state index >= 15 is 0 Å². The highest BCUT2D eigenvalue weighted by Crippen LogP contribution is 2.49. The molecular formula is C33H49F3N6O4SSi2. The Morgan fingerprint density at radius 1 is 0.980 bits per heavy atom. The summed E-state index contributed by atoms with van der Waals surface area (Å²) in [5.74, 6) is -0.0198. The number of fused-ring (bicyclic) bond motifs is 2. The van der Waals surface area contributed by atoms with Crippen molar-refractivity contribution < 1.29 is 31.0 Å². The molecule has 49 heavy (non-hydrogen) atoms. The molecule has 1 aliphatic carbocycles. The number of para-hydroxylation sites is 1. The standard InChI is InChI=1S/C33H49F3N6O4SSi2/c1-18(2)48(19(3)4)44-16-23-15-25(28(42-43-10)29(23)45-49(46-48,20(5)6)21(7)8)39-30-27(31-40-24-13-11-12-14-26(24)47-31)22(9)38-32(41-30)37-17-33(34,35)36/h11-14,18-21,23,28-29,42H,15-17H2,1-10H3,(H,37,38,41)/t23-,28?,29-/m1/s1. The average Bonchev–Trinajstić information content (AvgIpc) is 3.56. The summed E-state index contributed by atoms with van der Waals surface area (Å²) in [6.45, 7) is 18.3. The summed E-state index contributed by atoms with van der Waals surface area (Å²) >= 11 is 1.46. The van der Waals surface area contributed by atoms with Gasteiger partial charge in [0.05, 0.1) is 40.7 Å². The molecule has 2 aliphatic rings. The fourth-order valence-electron chi connectivity index (χ4n) is 7.09. The van der Waals surface area contributed by atoms with E-state index in [1.807, 2.05) is 24.3 Å². The minimum absolute atomic E-state index is 0.0827. The number of rotatable bonds is 10. The Kier molecular flexibility index (Phi) is 11.4. The zero-order valence-electron chi connectivity index (χ0n) is 29.9. The Balaban J connectivity index is 1.65. The monoisotopic (exact) mass is 738 g/mol. The Hall–Kier alpha value is -2.32. The molecule has 16 heteroatoms. The molecule has 0 bridgehead atoms. The van der Waals surface area contributed by atoms with Crippen LogP contribution >= 0.6 is 11.3 Å². The molecule has 1 aliphatic heterocycles. The molecule has 1 saturated heterocycles. The van der Waals surface area contributed by atoms with Gasteiger partial charge in [-0.1, -0.05) is 67.5 Å². The minimum atomic E-state index is -4.45. The lowest BCUT2D eigenvalue weighted by molar-refractivity contribution is -0.115. The number of aliphatic imine (C=N–C) groups is 1. The molecule has 2 N–H and O–H groups in total. The molecule has 3 atom stereocenters. The van der Waals surface area contributed by atoms with Crippen molar-refractivity contribution in [2.75, 3.05) is 25.6 Å². The number of alkyl halides is 3. The molecule has 0 radical (unpaired) electrons. The molecule has 0 spiro atoms. The van der Waals surface area contributed by atoms with Gasteiger partial charge in [-0.15, -0.1) is 11.3 Å². The van der Waals surface area contributed by atoms with E-state index < -0.39 is 42.0 Å². The number of hydroxylamine groups is 1. The topological polar surface area (TPSA) is 112 Å². The Bertz CT molecular complexity index is 1610. The second-order valence-corrected chi connectivity index (χ2v) is 24.1. The summed E-state index contributed by atoms with van der Waals surface area (Å²) in [7, 11) is -4.17. The summed E-state index contributed by atoms with van der Waals surface area (Å²) in [6, 6.07) is 7.24. The maximum atomic E-state index is 13.2. The van der Waals surface area contributed by atoms with Gasteiger partial charge in [-0.25, -0.2) is 15.0 Å². The molecule has 2 fully saturated rings. The second kappa shape index (κ2) is 14.7. The normalized spacial score (nSPS) is 23.5. The maximum Gasteiger partial charge on any atom is 0.405 e. The number of nitrogens with zero attached hydrogens (tertiary/aromatic N) is 4. The molecule has 5 rings (SSSR count). The lowest BCUT2D eigenvalue weighted by Crippen LogP contribution is -2.65. The van der Waals surface area contributed by atoms with Crippen molar-refractivity contribution in [3.8, 4) is 10.6 Å². The molecular weight excluding hydrogens is 690 g/mol. The molecule has 3 heterocycles. The molecule has 1 saturated carbocycles. The van der Waals surface area contributed by atoms with Crippen molar-refractivity contribution in [3.63, 3.8) is 0 Å². The quantitative estimate of drug-likeness (QED) is 0.156. The van der Waals surface area contributed by atoms with E-state index in [1.54, 1.807) is 14.0 Å². The van der Waals surface area contributed by atoms with Crippen LogP contribution in [0.3, 0.4) is 0 Å². The zero-order valence-corrected chi connectivity index (χ0v) is 32.8. The van der Waals surface area contributed by atoms with E-state index in [9.17, 15) is 13.2 Å². The predicted molar refractivity (Wildman–Crippen MR) is 193 cm³/mol. The van der Waals surface area contributed by atoms with Crippen LogP contribution in [0, 0.1) is 12.8 Å². The van der Waals surface area contributed by atoms with E-state index in [4.69, 9.17) is 27.8 Å². The zero-order chi connectivity index (χ0) is 35.9. The average molecular weight is 739 g/mol. The number of aromatic nitrogens is 3. The highest BCUT2D eigenvalue weighted by atomic mass is 32.1. The predicted octanol–water partition coefficient (Wildman–Crippen LogP) is 8.60. The number of benzene rings is 1. The molecule has 2 aromatic heterocycles. The van der Waals surface area contributed by atoms with Crippen molar-refractivity contribution in [1.82, 2.24) is 20.4 Å². The Morgan fingerprint density at radius 2 is 1.63 bits per heavy atom. The number of thiazole rings is 1. The molecule has 1 aromatic carbocycles. The summed E-state index contributed by atoms with van der Waals surface area (Å²) in [5, 5.41) is 2.97. The molecule has 10 nitrogen and oxygen atoms in total. The molecule has 3 aromatic rings. The number of nitrogens with one attached hydrogen (secondary N) is 2. The summed E-state index contributed by atoms with van der Waals surface area (Å²) < 4.78 is 62.4. The third-order valence-electron chi connectivity index (χ3n) is 9.52. The van der Waals surface area contributed by atoms with Gasteiger partial charge >= 0.3 is 23.3 Å². The highest BCUT2D eigenvalue weighted by Gasteiger charge is 2.61. The highest BCUT2D eigenvalue weighted by molar-refractivity contribution is 7.21. The molecule has 0 amide bonds. The smallest absolute Gasteiger partial charge is 0.405 e. The number of aryl methyl sites for hydroxylation is 1. The first-order chi connectivity index (χ1) is 23.0. The Labute approximate surface area is 293 Å². The first-order valence-corrected chi connectivity index (χ1v) is 21.7. The van der Waals surface area contributed by atoms with Crippen molar-refractivity contribution in [2.45, 2.75) is 109 Å². The number of halogens is 3. The van der Waals surface area contributed by atoms with Gasteiger partial charge in [0.25, 0.3) is 0 Å². The number of hydrogen-bond donors (Lipinski definition) is 2. The maximum absolute atomic E-state index is 13.2. The largest absolute Gasteiger partial charge is 0.414 e. The summed E-state index contributed by atoms with van der Waals surface area (Å²) in [4.78, 5) is 24.5. The van der Waals surface area contributed by atoms with Gasteiger partial charge in [0.2, 0.25) is 5.95 Å². The van der Waals surface area contributed by atoms with E-state index in [0.717, 1.165) is 10.2 Å². The van der Waals surface area contributed by atoms with Crippen molar-refractivity contribution in [2.24, 2.45) is 10.9 Å². The van der Waals surface area contributed by atoms with Crippen LogP contribution in [0.5, 0.6) is 0 Å². The fourth-order valence-corrected chi connectivity index (χ4v) is 19.5. The van der Waals surface area contributed by atoms with Gasteiger partial charge < -0.3 is 23.1 Å². The Morgan fingerprint density at radius 3 is 2.22 bits per heavy atom. The van der Waals surface area contributed by atoms with Gasteiger partial charge in [0, 0.05) is 18.2 Å². The summed E-state index contributed by atoms with van der Waals surface area (Å²) in [6.07, 6.45) is -4.34. The van der Waals surface area contributed by atoms with Gasteiger partial charge in [-0.2, -0.15) is 23.6 Å². The van der Waals surface area contributed by atoms with Crippen molar-refractivity contribution in [3.05, 3.63) is 30.0 Å². The molecule has 1 unspecified atom stereocenters. The van der Waals surface area contributed by atoms with E-state index in [2.05, 4.69) is 76.2 Å². The van der Waals surface area contributed by atoms with Crippen LogP contribution in [0.15, 0.2) is 29.3 Å². The number of anilines is 1. The van der Waals surface area contributed by atoms with Crippen LogP contribution in [0.2, 0.25) is 22.2 Å². The van der Waals surface area contributed by atoms with Crippen molar-refractivity contribution in [1.29, 1.82) is 0 Å². The third kappa shape index (κ3) is 7.66. The second-order valence-electron chi connectivity index (χ2n) is 14.2. The van der Waals surface area contributed by atoms with Crippen LogP contribution in [0.25, 0.3) is 20.8 Å². The molecule has 270 valence electrons. The van der Waals surface area contributed by atoms with Crippen LogP contribution in [-0.2, 0) is 17.8 Å². The van der Waals surface area contributed by atoms with Gasteiger partial charge in [-0.3, -0.25) is 0 Å². The van der Waals surface area contributed by atoms with Gasteiger partial charge in [-0.05, 0) is 47.6 Å². The van der Waals surface area contributed by atoms with Gasteiger partial charge in [0.1, 0.15) is 11.6 Å². The minimum Gasteiger partial charge on any atom is -0.414 e. The van der Waals surface area contributed by atoms with E-state index in [0.29, 0.717) is 35.0 Å². The van der Waals surface area contributed by atoms with Crippen LogP contribution < -0.4 is 10.8 Å². The third-order valence-corrected chi connectivity index (χ3v) is 20.8. The van der Waals surface area contributed by atoms with Gasteiger partial charge in [0.15, 0.2) is 5.82 Å². The summed E-state index contributed by atoms with van der Waals surface area (Å²) in [5.41, 5.74) is 6.31. The van der Waals surface area contributed by atoms with Crippen LogP contribution in [-0.4, -0.2) is 76.4 Å². The van der Waals surface area contributed by atoms with Crippen LogP contribution in [0.4, 0.5) is 24.9 Å². The lowest BCUT2D eigenvalue weighted by Gasteiger charge is -2.51. The number of hydrogen-bond acceptors (Lipinski definition) is 11. The fraction of sp³-hybridized carbons (Fsp3) is 0.636. The first-order valence-electron chi connectivity index (χ1n) is 16.9. The van der Waals surface area contributed by atoms with E-state index in [1.165, 1.54) is 11.3 Å². The first kappa shape index (κ1) is 37.9. The van der Waals surface area contributed by atoms with Crippen LogP contribution in [0.1, 0.15) is 67.5 Å². The van der Waals surface area contributed by atoms with E-state index in [-0.39, 0.29) is 39.8 Å².